The molecule has 5 heteroatoms. The number of aromatic nitrogens is 2. The Morgan fingerprint density at radius 2 is 2.30 bits per heavy atom. The first-order valence-corrected chi connectivity index (χ1v) is 6.81. The summed E-state index contributed by atoms with van der Waals surface area (Å²) < 4.78 is 1.73. The fourth-order valence-electron chi connectivity index (χ4n) is 2.66. The highest BCUT2D eigenvalue weighted by Crippen LogP contribution is 2.20. The van der Waals surface area contributed by atoms with Crippen molar-refractivity contribution >= 4 is 5.91 Å². The maximum atomic E-state index is 12.5. The molecule has 0 aliphatic carbocycles. The number of carbonyl (C=O) groups is 1. The molecule has 1 saturated heterocycles. The smallest absolute Gasteiger partial charge is 0.254 e. The summed E-state index contributed by atoms with van der Waals surface area (Å²) in [7, 11) is 0. The molecule has 1 aliphatic rings. The number of aliphatic hydroxyl groups excluding tert-OH is 1. The minimum absolute atomic E-state index is 0.0180. The number of aliphatic hydroxyl groups is 1. The molecule has 2 heterocycles. The molecular formula is C15H17N3O2. The lowest BCUT2D eigenvalue weighted by atomic mass is 10.1. The SMILES string of the molecule is O=C(c1cccc(-n2cccn2)c1)N1CCCC1CO. The highest BCUT2D eigenvalue weighted by atomic mass is 16.3. The maximum Gasteiger partial charge on any atom is 0.254 e. The summed E-state index contributed by atoms with van der Waals surface area (Å²) in [6.07, 6.45) is 5.38. The van der Waals surface area contributed by atoms with Gasteiger partial charge < -0.3 is 10.0 Å². The van der Waals surface area contributed by atoms with Crippen LogP contribution in [-0.4, -0.2) is 44.9 Å². The molecule has 0 bridgehead atoms. The second-order valence-corrected chi connectivity index (χ2v) is 4.98. The molecule has 2 aromatic rings. The Bertz CT molecular complexity index is 595. The summed E-state index contributed by atoms with van der Waals surface area (Å²) in [6, 6.07) is 9.21. The molecule has 0 radical (unpaired) electrons. The number of carbonyl (C=O) groups excluding carboxylic acids is 1. The van der Waals surface area contributed by atoms with Crippen LogP contribution in [0.5, 0.6) is 0 Å². The van der Waals surface area contributed by atoms with Crippen LogP contribution in [0.15, 0.2) is 42.7 Å². The second kappa shape index (κ2) is 5.46. The van der Waals surface area contributed by atoms with Crippen molar-refractivity contribution in [1.29, 1.82) is 0 Å². The number of amides is 1. The van der Waals surface area contributed by atoms with E-state index in [2.05, 4.69) is 5.10 Å². The van der Waals surface area contributed by atoms with Crippen molar-refractivity contribution in [2.45, 2.75) is 18.9 Å². The lowest BCUT2D eigenvalue weighted by Crippen LogP contribution is -2.37. The molecule has 0 spiro atoms. The van der Waals surface area contributed by atoms with Gasteiger partial charge in [-0.25, -0.2) is 4.68 Å². The first-order chi connectivity index (χ1) is 9.79. The van der Waals surface area contributed by atoms with Crippen LogP contribution < -0.4 is 0 Å². The molecular weight excluding hydrogens is 254 g/mol. The summed E-state index contributed by atoms with van der Waals surface area (Å²) in [5, 5.41) is 13.5. The van der Waals surface area contributed by atoms with Gasteiger partial charge in [0.1, 0.15) is 0 Å². The Morgan fingerprint density at radius 1 is 1.40 bits per heavy atom. The van der Waals surface area contributed by atoms with Gasteiger partial charge in [0.15, 0.2) is 0 Å². The van der Waals surface area contributed by atoms with Gasteiger partial charge in [0.2, 0.25) is 0 Å². The maximum absolute atomic E-state index is 12.5. The number of rotatable bonds is 3. The largest absolute Gasteiger partial charge is 0.394 e. The van der Waals surface area contributed by atoms with E-state index in [4.69, 9.17) is 0 Å². The van der Waals surface area contributed by atoms with E-state index in [0.29, 0.717) is 5.56 Å². The molecule has 20 heavy (non-hydrogen) atoms. The van der Waals surface area contributed by atoms with Gasteiger partial charge in [-0.3, -0.25) is 4.79 Å². The van der Waals surface area contributed by atoms with Gasteiger partial charge in [0, 0.05) is 24.5 Å². The van der Waals surface area contributed by atoms with Crippen LogP contribution in [0.1, 0.15) is 23.2 Å². The molecule has 1 aromatic heterocycles. The number of hydrogen-bond acceptors (Lipinski definition) is 3. The Morgan fingerprint density at radius 3 is 3.05 bits per heavy atom. The number of hydrogen-bond donors (Lipinski definition) is 1. The second-order valence-electron chi connectivity index (χ2n) is 4.98. The molecule has 104 valence electrons. The molecule has 1 atom stereocenters. The third-order valence-electron chi connectivity index (χ3n) is 3.71. The zero-order valence-electron chi connectivity index (χ0n) is 11.1. The molecule has 1 amide bonds. The van der Waals surface area contributed by atoms with Crippen LogP contribution in [0.2, 0.25) is 0 Å². The van der Waals surface area contributed by atoms with E-state index in [9.17, 15) is 9.90 Å². The summed E-state index contributed by atoms with van der Waals surface area (Å²) >= 11 is 0. The first-order valence-electron chi connectivity index (χ1n) is 6.81. The summed E-state index contributed by atoms with van der Waals surface area (Å²) in [5.74, 6) is -0.0180. The predicted octanol–water partition coefficient (Wildman–Crippen LogP) is 1.47. The molecule has 1 fully saturated rings. The standard InChI is InChI=1S/C15H17N3O2/c19-11-14-6-2-8-17(14)15(20)12-4-1-5-13(10-12)18-9-3-7-16-18/h1,3-5,7,9-10,14,19H,2,6,8,11H2. The normalized spacial score (nSPS) is 18.4. The van der Waals surface area contributed by atoms with Gasteiger partial charge in [-0.1, -0.05) is 6.07 Å². The minimum atomic E-state index is -0.0455. The Kier molecular flexibility index (Phi) is 3.52. The van der Waals surface area contributed by atoms with Gasteiger partial charge in [-0.15, -0.1) is 0 Å². The van der Waals surface area contributed by atoms with Gasteiger partial charge in [-0.2, -0.15) is 5.10 Å². The lowest BCUT2D eigenvalue weighted by molar-refractivity contribution is 0.0677. The van der Waals surface area contributed by atoms with E-state index in [1.165, 1.54) is 0 Å². The number of benzene rings is 1. The van der Waals surface area contributed by atoms with E-state index >= 15 is 0 Å². The van der Waals surface area contributed by atoms with Crippen molar-refractivity contribution in [3.8, 4) is 5.69 Å². The topological polar surface area (TPSA) is 58.4 Å². The molecule has 1 aromatic carbocycles. The highest BCUT2D eigenvalue weighted by molar-refractivity contribution is 5.95. The molecule has 1 N–H and O–H groups in total. The number of likely N-dealkylation sites (tertiary alicyclic amines) is 1. The first kappa shape index (κ1) is 12.9. The van der Waals surface area contributed by atoms with E-state index < -0.39 is 0 Å². The van der Waals surface area contributed by atoms with Gasteiger partial charge in [0.05, 0.1) is 18.3 Å². The Labute approximate surface area is 117 Å². The number of nitrogens with zero attached hydrogens (tertiary/aromatic N) is 3. The molecule has 0 saturated carbocycles. The van der Waals surface area contributed by atoms with Crippen LogP contribution in [0.3, 0.4) is 0 Å². The van der Waals surface area contributed by atoms with Crippen molar-refractivity contribution in [2.75, 3.05) is 13.2 Å². The highest BCUT2D eigenvalue weighted by Gasteiger charge is 2.28. The summed E-state index contributed by atoms with van der Waals surface area (Å²) in [6.45, 7) is 0.751. The fourth-order valence-corrected chi connectivity index (χ4v) is 2.66. The quantitative estimate of drug-likeness (QED) is 0.919. The average Bonchev–Trinajstić information content (AvgIpc) is 3.17. The van der Waals surface area contributed by atoms with Gasteiger partial charge >= 0.3 is 0 Å². The van der Waals surface area contributed by atoms with Gasteiger partial charge in [-0.05, 0) is 37.1 Å². The molecule has 5 nitrogen and oxygen atoms in total. The van der Waals surface area contributed by atoms with Crippen LogP contribution in [0, 0.1) is 0 Å². The van der Waals surface area contributed by atoms with Gasteiger partial charge in [0.25, 0.3) is 5.91 Å². The third-order valence-corrected chi connectivity index (χ3v) is 3.71. The fraction of sp³-hybridized carbons (Fsp3) is 0.333. The van der Waals surface area contributed by atoms with Crippen LogP contribution >= 0.6 is 0 Å². The zero-order chi connectivity index (χ0) is 13.9. The summed E-state index contributed by atoms with van der Waals surface area (Å²) in [5.41, 5.74) is 1.50. The zero-order valence-corrected chi connectivity index (χ0v) is 11.1. The van der Waals surface area contributed by atoms with Crippen molar-refractivity contribution in [1.82, 2.24) is 14.7 Å². The lowest BCUT2D eigenvalue weighted by Gasteiger charge is -2.23. The third kappa shape index (κ3) is 2.32. The Balaban J connectivity index is 1.87. The minimum Gasteiger partial charge on any atom is -0.394 e. The molecule has 3 rings (SSSR count). The van der Waals surface area contributed by atoms with Crippen LogP contribution in [0.25, 0.3) is 5.69 Å². The van der Waals surface area contributed by atoms with Crippen molar-refractivity contribution in [3.05, 3.63) is 48.3 Å². The summed E-state index contributed by atoms with van der Waals surface area (Å²) in [4.78, 5) is 14.3. The van der Waals surface area contributed by atoms with E-state index in [1.807, 2.05) is 36.5 Å². The predicted molar refractivity (Wildman–Crippen MR) is 74.7 cm³/mol. The van der Waals surface area contributed by atoms with E-state index in [0.717, 1.165) is 25.1 Å². The average molecular weight is 271 g/mol. The monoisotopic (exact) mass is 271 g/mol. The van der Waals surface area contributed by atoms with Crippen LogP contribution in [0.4, 0.5) is 0 Å². The van der Waals surface area contributed by atoms with Crippen molar-refractivity contribution in [2.24, 2.45) is 0 Å². The van der Waals surface area contributed by atoms with E-state index in [-0.39, 0.29) is 18.6 Å². The Hall–Kier alpha value is -2.14. The van der Waals surface area contributed by atoms with Crippen molar-refractivity contribution < 1.29 is 9.90 Å². The van der Waals surface area contributed by atoms with Crippen LogP contribution in [-0.2, 0) is 0 Å². The van der Waals surface area contributed by atoms with E-state index in [1.54, 1.807) is 15.8 Å². The molecule has 1 unspecified atom stereocenters. The molecule has 1 aliphatic heterocycles. The van der Waals surface area contributed by atoms with Crippen molar-refractivity contribution in [3.63, 3.8) is 0 Å².